The number of nitrogens with two attached hydrogens (primary N) is 1. The number of amides is 3. The van der Waals surface area contributed by atoms with Gasteiger partial charge in [-0.1, -0.05) is 64.4 Å². The number of hydrogen-bond acceptors (Lipinski definition) is 6. The van der Waals surface area contributed by atoms with Crippen LogP contribution in [0.5, 0.6) is 0 Å². The second-order valence-corrected chi connectivity index (χ2v) is 9.31. The number of aliphatic carboxylic acids is 1. The molecule has 1 aromatic carbocycles. The molecule has 0 fully saturated rings. The van der Waals surface area contributed by atoms with E-state index in [-0.39, 0.29) is 17.6 Å². The van der Waals surface area contributed by atoms with Gasteiger partial charge < -0.3 is 26.8 Å². The van der Waals surface area contributed by atoms with Crippen LogP contribution < -0.4 is 21.7 Å². The summed E-state index contributed by atoms with van der Waals surface area (Å²) in [6.07, 6.45) is 1.22. The zero-order chi connectivity index (χ0) is 25.8. The van der Waals surface area contributed by atoms with Crippen molar-refractivity contribution in [1.29, 1.82) is 0 Å². The summed E-state index contributed by atoms with van der Waals surface area (Å²) in [5, 5.41) is 17.1. The number of benzene rings is 1. The molecule has 6 N–H and O–H groups in total. The highest BCUT2D eigenvalue weighted by molar-refractivity contribution is 7.80. The number of thiol groups is 1. The molecule has 0 spiro atoms. The maximum absolute atomic E-state index is 13.2. The fraction of sp³-hybridized carbons (Fsp3) is 0.583. The Morgan fingerprint density at radius 1 is 0.941 bits per heavy atom. The van der Waals surface area contributed by atoms with Gasteiger partial charge in [0.15, 0.2) is 0 Å². The number of rotatable bonds is 14. The van der Waals surface area contributed by atoms with Crippen LogP contribution in [-0.2, 0) is 25.6 Å². The van der Waals surface area contributed by atoms with Crippen molar-refractivity contribution < 1.29 is 24.3 Å². The molecule has 0 saturated heterocycles. The van der Waals surface area contributed by atoms with Gasteiger partial charge in [0, 0.05) is 5.75 Å². The highest BCUT2D eigenvalue weighted by Gasteiger charge is 2.32. The van der Waals surface area contributed by atoms with Gasteiger partial charge in [0.25, 0.3) is 0 Å². The average Bonchev–Trinajstić information content (AvgIpc) is 2.79. The fourth-order valence-corrected chi connectivity index (χ4v) is 3.59. The average molecular weight is 495 g/mol. The molecule has 10 heteroatoms. The van der Waals surface area contributed by atoms with Crippen molar-refractivity contribution in [1.82, 2.24) is 16.0 Å². The first-order chi connectivity index (χ1) is 16.0. The van der Waals surface area contributed by atoms with Gasteiger partial charge >= 0.3 is 5.97 Å². The molecule has 0 heterocycles. The third kappa shape index (κ3) is 9.72. The van der Waals surface area contributed by atoms with Gasteiger partial charge in [0.05, 0.1) is 6.04 Å². The van der Waals surface area contributed by atoms with Gasteiger partial charge in [-0.15, -0.1) is 0 Å². The molecule has 0 bridgehead atoms. The second-order valence-electron chi connectivity index (χ2n) is 8.94. The van der Waals surface area contributed by atoms with Crippen LogP contribution in [-0.4, -0.2) is 58.7 Å². The van der Waals surface area contributed by atoms with Crippen LogP contribution in [0.1, 0.15) is 46.1 Å². The number of carboxylic acids is 1. The molecule has 1 aromatic rings. The van der Waals surface area contributed by atoms with E-state index in [1.165, 1.54) is 0 Å². The summed E-state index contributed by atoms with van der Waals surface area (Å²) in [6, 6.07) is 5.45. The Hall–Kier alpha value is -2.59. The minimum absolute atomic E-state index is 0.0475. The SMILES string of the molecule is CCC(C)C(NC(=O)C(N)Cc1ccccc1)C(=O)NC(CC(C)C)C(=O)NC(CS)C(=O)O. The van der Waals surface area contributed by atoms with E-state index < -0.39 is 47.9 Å². The molecule has 3 amide bonds. The van der Waals surface area contributed by atoms with Crippen LogP contribution in [0, 0.1) is 11.8 Å². The maximum atomic E-state index is 13.2. The molecular formula is C24H38N4O5S. The summed E-state index contributed by atoms with van der Waals surface area (Å²) in [6.45, 7) is 7.49. The van der Waals surface area contributed by atoms with Crippen molar-refractivity contribution in [2.24, 2.45) is 17.6 Å². The summed E-state index contributed by atoms with van der Waals surface area (Å²) in [5.41, 5.74) is 6.99. The van der Waals surface area contributed by atoms with Crippen LogP contribution in [0.2, 0.25) is 0 Å². The quantitative estimate of drug-likeness (QED) is 0.213. The summed E-state index contributed by atoms with van der Waals surface area (Å²) in [4.78, 5) is 50.0. The molecule has 9 nitrogen and oxygen atoms in total. The van der Waals surface area contributed by atoms with Crippen molar-refractivity contribution in [3.63, 3.8) is 0 Å². The standard InChI is InChI=1S/C24H38N4O5S/c1-5-15(4)20(28-21(29)17(25)12-16-9-7-6-8-10-16)23(31)26-18(11-14(2)3)22(30)27-19(13-34)24(32)33/h6-10,14-15,17-20,34H,5,11-13,25H2,1-4H3,(H,26,31)(H,27,30)(H,28,29)(H,32,33). The van der Waals surface area contributed by atoms with E-state index in [1.54, 1.807) is 0 Å². The molecule has 0 aliphatic heterocycles. The van der Waals surface area contributed by atoms with Crippen LogP contribution in [0.25, 0.3) is 0 Å². The molecule has 0 aliphatic carbocycles. The molecule has 5 atom stereocenters. The molecule has 0 aromatic heterocycles. The molecule has 34 heavy (non-hydrogen) atoms. The predicted octanol–water partition coefficient (Wildman–Crippen LogP) is 1.12. The number of nitrogens with one attached hydrogen (secondary N) is 3. The van der Waals surface area contributed by atoms with Gasteiger partial charge in [0.2, 0.25) is 17.7 Å². The Labute approximate surface area is 207 Å². The first-order valence-electron chi connectivity index (χ1n) is 11.5. The molecule has 190 valence electrons. The Morgan fingerprint density at radius 2 is 1.53 bits per heavy atom. The van der Waals surface area contributed by atoms with E-state index >= 15 is 0 Å². The number of carboxylic acid groups (broad SMARTS) is 1. The van der Waals surface area contributed by atoms with E-state index in [2.05, 4.69) is 28.6 Å². The minimum Gasteiger partial charge on any atom is -0.480 e. The van der Waals surface area contributed by atoms with E-state index in [0.29, 0.717) is 19.3 Å². The van der Waals surface area contributed by atoms with Gasteiger partial charge in [-0.25, -0.2) is 4.79 Å². The molecule has 0 saturated carbocycles. The first kappa shape index (κ1) is 29.4. The summed E-state index contributed by atoms with van der Waals surface area (Å²) in [7, 11) is 0. The number of hydrogen-bond donors (Lipinski definition) is 6. The minimum atomic E-state index is -1.21. The molecule has 5 unspecified atom stereocenters. The van der Waals surface area contributed by atoms with Gasteiger partial charge in [-0.2, -0.15) is 12.6 Å². The molecule has 0 aliphatic rings. The maximum Gasteiger partial charge on any atom is 0.327 e. The van der Waals surface area contributed by atoms with Gasteiger partial charge in [0.1, 0.15) is 18.1 Å². The topological polar surface area (TPSA) is 151 Å². The zero-order valence-corrected chi connectivity index (χ0v) is 21.2. The monoisotopic (exact) mass is 494 g/mol. The van der Waals surface area contributed by atoms with Gasteiger partial charge in [-0.3, -0.25) is 14.4 Å². The first-order valence-corrected chi connectivity index (χ1v) is 12.2. The Morgan fingerprint density at radius 3 is 2.03 bits per heavy atom. The van der Waals surface area contributed by atoms with Crippen molar-refractivity contribution in [3.8, 4) is 0 Å². The van der Waals surface area contributed by atoms with Crippen LogP contribution in [0.3, 0.4) is 0 Å². The fourth-order valence-electron chi connectivity index (χ4n) is 3.35. The Balaban J connectivity index is 2.95. The van der Waals surface area contributed by atoms with Crippen LogP contribution in [0.4, 0.5) is 0 Å². The lowest BCUT2D eigenvalue weighted by molar-refractivity contribution is -0.141. The largest absolute Gasteiger partial charge is 0.480 e. The highest BCUT2D eigenvalue weighted by atomic mass is 32.1. The lowest BCUT2D eigenvalue weighted by Gasteiger charge is -2.28. The predicted molar refractivity (Wildman–Crippen MR) is 134 cm³/mol. The number of carbonyl (C=O) groups excluding carboxylic acids is 3. The van der Waals surface area contributed by atoms with E-state index in [1.807, 2.05) is 58.0 Å². The zero-order valence-electron chi connectivity index (χ0n) is 20.3. The third-order valence-corrected chi connectivity index (χ3v) is 5.93. The summed E-state index contributed by atoms with van der Waals surface area (Å²) in [5.74, 6) is -3.07. The molecule has 0 radical (unpaired) electrons. The summed E-state index contributed by atoms with van der Waals surface area (Å²) < 4.78 is 0. The van der Waals surface area contributed by atoms with Gasteiger partial charge in [-0.05, 0) is 30.2 Å². The van der Waals surface area contributed by atoms with Crippen molar-refractivity contribution >= 4 is 36.3 Å². The van der Waals surface area contributed by atoms with E-state index in [9.17, 15) is 24.3 Å². The lowest BCUT2D eigenvalue weighted by atomic mass is 9.96. The number of carbonyl (C=O) groups is 4. The van der Waals surface area contributed by atoms with Crippen molar-refractivity contribution in [2.45, 2.75) is 71.1 Å². The van der Waals surface area contributed by atoms with E-state index in [4.69, 9.17) is 5.73 Å². The molecular weight excluding hydrogens is 456 g/mol. The highest BCUT2D eigenvalue weighted by Crippen LogP contribution is 2.12. The smallest absolute Gasteiger partial charge is 0.327 e. The molecule has 1 rings (SSSR count). The normalized spacial score (nSPS) is 15.5. The van der Waals surface area contributed by atoms with Crippen molar-refractivity contribution in [3.05, 3.63) is 35.9 Å². The Kier molecular flexibility index (Phi) is 12.7. The van der Waals surface area contributed by atoms with Crippen molar-refractivity contribution in [2.75, 3.05) is 5.75 Å². The van der Waals surface area contributed by atoms with E-state index in [0.717, 1.165) is 5.56 Å². The Bertz CT molecular complexity index is 821. The summed E-state index contributed by atoms with van der Waals surface area (Å²) >= 11 is 3.96. The third-order valence-electron chi connectivity index (χ3n) is 5.57. The lowest BCUT2D eigenvalue weighted by Crippen LogP contribution is -2.59. The van der Waals surface area contributed by atoms with Crippen LogP contribution >= 0.6 is 12.6 Å². The van der Waals surface area contributed by atoms with Crippen LogP contribution in [0.15, 0.2) is 30.3 Å². The second kappa shape index (κ2) is 14.6.